The molecule has 3 aromatic rings. The molecule has 4 rings (SSSR count). The van der Waals surface area contributed by atoms with Crippen LogP contribution in [0.2, 0.25) is 0 Å². The molecular weight excluding hydrogens is 352 g/mol. The van der Waals surface area contributed by atoms with Gasteiger partial charge in [0.1, 0.15) is 10.7 Å². The fraction of sp³-hybridized carbons (Fsp3) is 0.389. The molecule has 0 N–H and O–H groups in total. The Balaban J connectivity index is 1.47. The molecule has 0 unspecified atom stereocenters. The third kappa shape index (κ3) is 3.67. The van der Waals surface area contributed by atoms with Gasteiger partial charge in [-0.05, 0) is 43.2 Å². The van der Waals surface area contributed by atoms with Crippen molar-refractivity contribution in [1.82, 2.24) is 19.7 Å². The Morgan fingerprint density at radius 1 is 1.28 bits per heavy atom. The van der Waals surface area contributed by atoms with Crippen molar-refractivity contribution in [3.8, 4) is 9.88 Å². The van der Waals surface area contributed by atoms with Gasteiger partial charge in [-0.2, -0.15) is 5.10 Å². The average Bonchev–Trinajstić information content (AvgIpc) is 3.41. The summed E-state index contributed by atoms with van der Waals surface area (Å²) in [6, 6.07) is 6.27. The monoisotopic (exact) mass is 372 g/mol. The highest BCUT2D eigenvalue weighted by Crippen LogP contribution is 2.29. The Morgan fingerprint density at radius 2 is 2.24 bits per heavy atom. The van der Waals surface area contributed by atoms with Crippen molar-refractivity contribution in [2.75, 3.05) is 6.54 Å². The quantitative estimate of drug-likeness (QED) is 0.676. The molecule has 1 amide bonds. The fourth-order valence-corrected chi connectivity index (χ4v) is 4.92. The smallest absolute Gasteiger partial charge is 0.273 e. The summed E-state index contributed by atoms with van der Waals surface area (Å²) >= 11 is 3.21. The molecule has 0 bridgehead atoms. The third-order valence-electron chi connectivity index (χ3n) is 4.59. The minimum atomic E-state index is 0.0734. The number of aryl methyl sites for hydroxylation is 1. The van der Waals surface area contributed by atoms with Crippen molar-refractivity contribution in [3.63, 3.8) is 0 Å². The van der Waals surface area contributed by atoms with Gasteiger partial charge in [0.05, 0.1) is 4.88 Å². The lowest BCUT2D eigenvalue weighted by molar-refractivity contribution is 0.0589. The number of amides is 1. The molecule has 1 fully saturated rings. The molecular formula is C18H20N4OS2. The van der Waals surface area contributed by atoms with E-state index in [1.165, 1.54) is 6.42 Å². The zero-order chi connectivity index (χ0) is 17.1. The van der Waals surface area contributed by atoms with Crippen molar-refractivity contribution in [3.05, 3.63) is 47.0 Å². The van der Waals surface area contributed by atoms with Gasteiger partial charge in [0.25, 0.3) is 5.91 Å². The molecule has 0 radical (unpaired) electrons. The highest BCUT2D eigenvalue weighted by molar-refractivity contribution is 7.20. The van der Waals surface area contributed by atoms with Crippen LogP contribution in [0.3, 0.4) is 0 Å². The van der Waals surface area contributed by atoms with Gasteiger partial charge in [-0.15, -0.1) is 22.7 Å². The maximum absolute atomic E-state index is 13.0. The summed E-state index contributed by atoms with van der Waals surface area (Å²) in [5.41, 5.74) is 0.583. The second-order valence-corrected chi connectivity index (χ2v) is 8.03. The molecule has 0 saturated carbocycles. The van der Waals surface area contributed by atoms with Gasteiger partial charge in [0.15, 0.2) is 0 Å². The summed E-state index contributed by atoms with van der Waals surface area (Å²) in [5.74, 6) is 0.0734. The second kappa shape index (κ2) is 7.49. The van der Waals surface area contributed by atoms with E-state index in [2.05, 4.69) is 10.1 Å². The lowest BCUT2D eigenvalue weighted by Crippen LogP contribution is -2.44. The van der Waals surface area contributed by atoms with Crippen LogP contribution in [0.5, 0.6) is 0 Å². The van der Waals surface area contributed by atoms with E-state index >= 15 is 0 Å². The summed E-state index contributed by atoms with van der Waals surface area (Å²) in [6.45, 7) is 1.67. The number of rotatable bonds is 5. The SMILES string of the molecule is O=C(c1csc(-c2cccs2)n1)N1CCCC[C@H]1CCn1cccn1. The van der Waals surface area contributed by atoms with Gasteiger partial charge >= 0.3 is 0 Å². The Kier molecular flexibility index (Phi) is 4.94. The van der Waals surface area contributed by atoms with E-state index in [0.29, 0.717) is 5.69 Å². The number of aromatic nitrogens is 3. The Labute approximate surface area is 154 Å². The van der Waals surface area contributed by atoms with Crippen molar-refractivity contribution in [1.29, 1.82) is 0 Å². The van der Waals surface area contributed by atoms with E-state index in [0.717, 1.165) is 42.2 Å². The first-order valence-corrected chi connectivity index (χ1v) is 10.3. The lowest BCUT2D eigenvalue weighted by Gasteiger charge is -2.35. The number of carbonyl (C=O) groups is 1. The van der Waals surface area contributed by atoms with Crippen LogP contribution in [0.4, 0.5) is 0 Å². The molecule has 0 aromatic carbocycles. The summed E-state index contributed by atoms with van der Waals surface area (Å²) in [5, 5.41) is 9.13. The number of carbonyl (C=O) groups excluding carboxylic acids is 1. The normalized spacial score (nSPS) is 17.8. The predicted molar refractivity (Wildman–Crippen MR) is 101 cm³/mol. The largest absolute Gasteiger partial charge is 0.334 e. The second-order valence-electron chi connectivity index (χ2n) is 6.22. The van der Waals surface area contributed by atoms with Crippen molar-refractivity contribution < 1.29 is 4.79 Å². The number of hydrogen-bond donors (Lipinski definition) is 0. The van der Waals surface area contributed by atoms with E-state index in [1.807, 2.05) is 44.7 Å². The molecule has 0 spiro atoms. The zero-order valence-electron chi connectivity index (χ0n) is 13.9. The van der Waals surface area contributed by atoms with Crippen LogP contribution in [0.1, 0.15) is 36.2 Å². The first-order valence-electron chi connectivity index (χ1n) is 8.59. The lowest BCUT2D eigenvalue weighted by atomic mass is 9.99. The summed E-state index contributed by atoms with van der Waals surface area (Å²) in [7, 11) is 0. The molecule has 1 saturated heterocycles. The van der Waals surface area contributed by atoms with Crippen LogP contribution in [0.25, 0.3) is 9.88 Å². The average molecular weight is 373 g/mol. The van der Waals surface area contributed by atoms with Crippen molar-refractivity contribution >= 4 is 28.6 Å². The Bertz CT molecular complexity index is 810. The van der Waals surface area contributed by atoms with Crippen LogP contribution in [0.15, 0.2) is 41.4 Å². The van der Waals surface area contributed by atoms with Gasteiger partial charge in [0, 0.05) is 36.9 Å². The Morgan fingerprint density at radius 3 is 3.04 bits per heavy atom. The standard InChI is InChI=1S/C18H20N4OS2/c23-18(15-13-25-17(20-15)16-6-3-12-24-16)22-10-2-1-5-14(22)7-11-21-9-4-8-19-21/h3-4,6,8-9,12-14H,1-2,5,7,10-11H2/t14-/m0/s1. The van der Waals surface area contributed by atoms with Crippen LogP contribution in [-0.4, -0.2) is 38.2 Å². The minimum Gasteiger partial charge on any atom is -0.334 e. The minimum absolute atomic E-state index is 0.0734. The molecule has 3 aromatic heterocycles. The molecule has 130 valence electrons. The summed E-state index contributed by atoms with van der Waals surface area (Å²) < 4.78 is 1.94. The maximum atomic E-state index is 13.0. The number of thiophene rings is 1. The molecule has 0 aliphatic carbocycles. The van der Waals surface area contributed by atoms with E-state index in [9.17, 15) is 4.79 Å². The maximum Gasteiger partial charge on any atom is 0.273 e. The van der Waals surface area contributed by atoms with Gasteiger partial charge in [0.2, 0.25) is 0 Å². The van der Waals surface area contributed by atoms with Crippen LogP contribution < -0.4 is 0 Å². The van der Waals surface area contributed by atoms with Crippen LogP contribution in [-0.2, 0) is 6.54 Å². The van der Waals surface area contributed by atoms with Gasteiger partial charge in [-0.25, -0.2) is 4.98 Å². The van der Waals surface area contributed by atoms with E-state index in [-0.39, 0.29) is 11.9 Å². The number of nitrogens with zero attached hydrogens (tertiary/aromatic N) is 4. The highest BCUT2D eigenvalue weighted by atomic mass is 32.1. The zero-order valence-corrected chi connectivity index (χ0v) is 15.5. The summed E-state index contributed by atoms with van der Waals surface area (Å²) in [6.07, 6.45) is 8.04. The highest BCUT2D eigenvalue weighted by Gasteiger charge is 2.28. The predicted octanol–water partition coefficient (Wildman–Crippen LogP) is 4.15. The molecule has 25 heavy (non-hydrogen) atoms. The molecule has 1 aliphatic heterocycles. The van der Waals surface area contributed by atoms with E-state index in [4.69, 9.17) is 0 Å². The molecule has 7 heteroatoms. The number of likely N-dealkylation sites (tertiary alicyclic amines) is 1. The molecule has 1 aliphatic rings. The first-order chi connectivity index (χ1) is 12.3. The molecule has 4 heterocycles. The Hall–Kier alpha value is -1.99. The van der Waals surface area contributed by atoms with E-state index in [1.54, 1.807) is 28.9 Å². The molecule has 1 atom stereocenters. The fourth-order valence-electron chi connectivity index (χ4n) is 3.31. The van der Waals surface area contributed by atoms with Gasteiger partial charge in [-0.3, -0.25) is 9.48 Å². The molecule has 5 nitrogen and oxygen atoms in total. The summed E-state index contributed by atoms with van der Waals surface area (Å²) in [4.78, 5) is 20.7. The van der Waals surface area contributed by atoms with Crippen LogP contribution in [0, 0.1) is 0 Å². The van der Waals surface area contributed by atoms with Gasteiger partial charge in [-0.1, -0.05) is 6.07 Å². The van der Waals surface area contributed by atoms with Gasteiger partial charge < -0.3 is 4.90 Å². The van der Waals surface area contributed by atoms with Crippen molar-refractivity contribution in [2.24, 2.45) is 0 Å². The topological polar surface area (TPSA) is 51.0 Å². The number of piperidine rings is 1. The van der Waals surface area contributed by atoms with Crippen LogP contribution >= 0.6 is 22.7 Å². The first kappa shape index (κ1) is 16.5. The number of thiazole rings is 1. The van der Waals surface area contributed by atoms with E-state index < -0.39 is 0 Å². The third-order valence-corrected chi connectivity index (χ3v) is 6.48. The number of hydrogen-bond acceptors (Lipinski definition) is 5. The van der Waals surface area contributed by atoms with Crippen molar-refractivity contribution in [2.45, 2.75) is 38.3 Å².